The summed E-state index contributed by atoms with van der Waals surface area (Å²) in [6.45, 7) is 12.6. The van der Waals surface area contributed by atoms with E-state index < -0.39 is 0 Å². The van der Waals surface area contributed by atoms with E-state index in [0.29, 0.717) is 24.3 Å². The number of amides is 1. The van der Waals surface area contributed by atoms with E-state index in [-0.39, 0.29) is 11.9 Å². The lowest BCUT2D eigenvalue weighted by molar-refractivity contribution is 0.0728. The van der Waals surface area contributed by atoms with Crippen molar-refractivity contribution in [2.45, 2.75) is 47.1 Å². The van der Waals surface area contributed by atoms with E-state index in [2.05, 4.69) is 86.2 Å². The Morgan fingerprint density at radius 1 is 1.00 bits per heavy atom. The molecule has 0 radical (unpaired) electrons. The molecule has 2 aromatic carbocycles. The maximum atomic E-state index is 13.6. The fourth-order valence-corrected chi connectivity index (χ4v) is 5.13. The van der Waals surface area contributed by atoms with Crippen molar-refractivity contribution < 1.29 is 4.79 Å². The van der Waals surface area contributed by atoms with Crippen molar-refractivity contribution in [1.29, 1.82) is 0 Å². The minimum Gasteiger partial charge on any atom is -0.365 e. The molecule has 1 amide bonds. The zero-order valence-electron chi connectivity index (χ0n) is 21.2. The number of carbonyl (C=O) groups excluding carboxylic acids is 1. The second-order valence-electron chi connectivity index (χ2n) is 9.85. The zero-order valence-corrected chi connectivity index (χ0v) is 21.2. The molecule has 6 heteroatoms. The molecule has 0 saturated carbocycles. The fraction of sp³-hybridized carbons (Fsp3) is 0.345. The van der Waals surface area contributed by atoms with E-state index in [0.717, 1.165) is 29.9 Å². The minimum atomic E-state index is 0.00771. The molecule has 3 heterocycles. The monoisotopic (exact) mass is 467 g/mol. The molecule has 6 nitrogen and oxygen atoms in total. The number of carbonyl (C=O) groups is 1. The molecule has 0 aliphatic carbocycles. The number of piperazine rings is 1. The van der Waals surface area contributed by atoms with Crippen LogP contribution in [0, 0.1) is 27.7 Å². The third-order valence-corrected chi connectivity index (χ3v) is 7.19. The molecule has 1 saturated heterocycles. The highest BCUT2D eigenvalue weighted by atomic mass is 16.2. The normalized spacial score (nSPS) is 16.2. The van der Waals surface area contributed by atoms with E-state index in [1.54, 1.807) is 6.20 Å². The molecular formula is C29H33N5O. The van der Waals surface area contributed by atoms with Gasteiger partial charge in [0, 0.05) is 49.2 Å². The molecule has 4 aromatic rings. The summed E-state index contributed by atoms with van der Waals surface area (Å²) in [5.41, 5.74) is 9.32. The zero-order chi connectivity index (χ0) is 24.7. The van der Waals surface area contributed by atoms with Crippen molar-refractivity contribution in [2.24, 2.45) is 0 Å². The van der Waals surface area contributed by atoms with Gasteiger partial charge in [0.2, 0.25) is 0 Å². The molecule has 5 rings (SSSR count). The van der Waals surface area contributed by atoms with Gasteiger partial charge in [-0.3, -0.25) is 4.79 Å². The molecule has 1 fully saturated rings. The highest BCUT2D eigenvalue weighted by Gasteiger charge is 2.30. The van der Waals surface area contributed by atoms with Crippen LogP contribution >= 0.6 is 0 Å². The number of benzene rings is 2. The van der Waals surface area contributed by atoms with Crippen LogP contribution in [0.3, 0.4) is 0 Å². The van der Waals surface area contributed by atoms with Gasteiger partial charge in [-0.2, -0.15) is 5.10 Å². The minimum absolute atomic E-state index is 0.00771. The maximum Gasteiger partial charge on any atom is 0.259 e. The third kappa shape index (κ3) is 4.41. The molecule has 1 atom stereocenters. The lowest BCUT2D eigenvalue weighted by atomic mass is 10.0. The molecule has 0 unspecified atom stereocenters. The highest BCUT2D eigenvalue weighted by Crippen LogP contribution is 2.25. The molecule has 180 valence electrons. The number of anilines is 1. The average molecular weight is 468 g/mol. The van der Waals surface area contributed by atoms with Gasteiger partial charge in [-0.1, -0.05) is 42.0 Å². The third-order valence-electron chi connectivity index (χ3n) is 7.19. The predicted molar refractivity (Wildman–Crippen MR) is 140 cm³/mol. The van der Waals surface area contributed by atoms with Crippen LogP contribution < -0.4 is 4.90 Å². The fourth-order valence-electron chi connectivity index (χ4n) is 5.13. The van der Waals surface area contributed by atoms with Crippen LogP contribution in [-0.2, 0) is 6.42 Å². The molecule has 0 N–H and O–H groups in total. The molecule has 0 spiro atoms. The summed E-state index contributed by atoms with van der Waals surface area (Å²) in [6, 6.07) is 17.4. The van der Waals surface area contributed by atoms with Gasteiger partial charge in [-0.25, -0.2) is 9.50 Å². The second kappa shape index (κ2) is 9.17. The van der Waals surface area contributed by atoms with Crippen LogP contribution in [0.15, 0.2) is 54.7 Å². The summed E-state index contributed by atoms with van der Waals surface area (Å²) in [7, 11) is 0. The first-order valence-corrected chi connectivity index (χ1v) is 12.3. The van der Waals surface area contributed by atoms with Crippen molar-refractivity contribution in [3.63, 3.8) is 0 Å². The number of aromatic nitrogens is 3. The smallest absolute Gasteiger partial charge is 0.259 e. The summed E-state index contributed by atoms with van der Waals surface area (Å²) >= 11 is 0. The van der Waals surface area contributed by atoms with E-state index in [1.807, 2.05) is 16.3 Å². The summed E-state index contributed by atoms with van der Waals surface area (Å²) in [5.74, 6) is 0.00771. The first-order chi connectivity index (χ1) is 16.8. The molecule has 35 heavy (non-hydrogen) atoms. The van der Waals surface area contributed by atoms with Crippen molar-refractivity contribution in [3.05, 3.63) is 93.9 Å². The predicted octanol–water partition coefficient (Wildman–Crippen LogP) is 4.90. The molecule has 1 aliphatic heterocycles. The maximum absolute atomic E-state index is 13.6. The van der Waals surface area contributed by atoms with Gasteiger partial charge in [0.05, 0.1) is 6.20 Å². The SMILES string of the molecule is Cc1ccc(Cc2c(C)nc3c(C(=O)N4CCN(c5cccc(C)c5)[C@H](C)C4)cnn3c2C)cc1. The van der Waals surface area contributed by atoms with Gasteiger partial charge < -0.3 is 9.80 Å². The molecule has 1 aliphatic rings. The molecule has 2 aromatic heterocycles. The molecule has 0 bridgehead atoms. The van der Waals surface area contributed by atoms with Crippen LogP contribution in [-0.4, -0.2) is 51.1 Å². The Hall–Kier alpha value is -3.67. The summed E-state index contributed by atoms with van der Waals surface area (Å²) < 4.78 is 1.83. The Kier molecular flexibility index (Phi) is 6.05. The summed E-state index contributed by atoms with van der Waals surface area (Å²) in [5, 5.41) is 4.58. The van der Waals surface area contributed by atoms with Gasteiger partial charge in [0.1, 0.15) is 5.56 Å². The average Bonchev–Trinajstić information content (AvgIpc) is 3.26. The van der Waals surface area contributed by atoms with Crippen LogP contribution in [0.25, 0.3) is 5.65 Å². The Balaban J connectivity index is 1.38. The van der Waals surface area contributed by atoms with Crippen molar-refractivity contribution in [3.8, 4) is 0 Å². The Labute approximate surface area is 207 Å². The number of fused-ring (bicyclic) bond motifs is 1. The van der Waals surface area contributed by atoms with Crippen LogP contribution in [0.4, 0.5) is 5.69 Å². The quantitative estimate of drug-likeness (QED) is 0.428. The number of hydrogen-bond acceptors (Lipinski definition) is 4. The summed E-state index contributed by atoms with van der Waals surface area (Å²) in [4.78, 5) is 22.8. The summed E-state index contributed by atoms with van der Waals surface area (Å²) in [6.07, 6.45) is 2.48. The van der Waals surface area contributed by atoms with Crippen LogP contribution in [0.5, 0.6) is 0 Å². The molecular weight excluding hydrogens is 434 g/mol. The lowest BCUT2D eigenvalue weighted by Gasteiger charge is -2.41. The van der Waals surface area contributed by atoms with Crippen LogP contribution in [0.2, 0.25) is 0 Å². The van der Waals surface area contributed by atoms with Crippen molar-refractivity contribution in [2.75, 3.05) is 24.5 Å². The Bertz CT molecular complexity index is 1390. The largest absolute Gasteiger partial charge is 0.365 e. The van der Waals surface area contributed by atoms with E-state index in [1.165, 1.54) is 22.4 Å². The van der Waals surface area contributed by atoms with Gasteiger partial charge in [0.25, 0.3) is 5.91 Å². The number of aryl methyl sites for hydroxylation is 4. The van der Waals surface area contributed by atoms with E-state index >= 15 is 0 Å². The first-order valence-electron chi connectivity index (χ1n) is 12.3. The highest BCUT2D eigenvalue weighted by molar-refractivity contribution is 6.00. The van der Waals surface area contributed by atoms with E-state index in [4.69, 9.17) is 4.98 Å². The van der Waals surface area contributed by atoms with E-state index in [9.17, 15) is 4.79 Å². The first kappa shape index (κ1) is 23.1. The second-order valence-corrected chi connectivity index (χ2v) is 9.85. The van der Waals surface area contributed by atoms with Gasteiger partial charge >= 0.3 is 0 Å². The number of nitrogens with zero attached hydrogens (tertiary/aromatic N) is 5. The Morgan fingerprint density at radius 2 is 1.77 bits per heavy atom. The number of hydrogen-bond donors (Lipinski definition) is 0. The van der Waals surface area contributed by atoms with Crippen LogP contribution in [0.1, 0.15) is 50.9 Å². The standard InChI is InChI=1S/C29H33N5O/c1-19-9-11-24(12-10-19)16-26-22(4)31-28-27(17-30-34(28)23(26)5)29(35)32-13-14-33(21(3)18-32)25-8-6-7-20(2)15-25/h6-12,15,17,21H,13-14,16,18H2,1-5H3/t21-/m1/s1. The topological polar surface area (TPSA) is 53.7 Å². The van der Waals surface area contributed by atoms with Gasteiger partial charge in [-0.05, 0) is 63.4 Å². The van der Waals surface area contributed by atoms with Crippen molar-refractivity contribution >= 4 is 17.2 Å². The van der Waals surface area contributed by atoms with Crippen molar-refractivity contribution in [1.82, 2.24) is 19.5 Å². The lowest BCUT2D eigenvalue weighted by Crippen LogP contribution is -2.53. The Morgan fingerprint density at radius 3 is 2.49 bits per heavy atom. The van der Waals surface area contributed by atoms with Gasteiger partial charge in [0.15, 0.2) is 5.65 Å². The number of rotatable bonds is 4. The van der Waals surface area contributed by atoms with Gasteiger partial charge in [-0.15, -0.1) is 0 Å².